The third-order valence-electron chi connectivity index (χ3n) is 5.37. The summed E-state index contributed by atoms with van der Waals surface area (Å²) in [6.07, 6.45) is -1.85. The van der Waals surface area contributed by atoms with Crippen molar-refractivity contribution in [3.05, 3.63) is 41.1 Å². The van der Waals surface area contributed by atoms with E-state index in [1.165, 1.54) is 12.3 Å². The third-order valence-corrected chi connectivity index (χ3v) is 5.67. The summed E-state index contributed by atoms with van der Waals surface area (Å²) in [6, 6.07) is 3.26. The first-order chi connectivity index (χ1) is 17.2. The highest BCUT2D eigenvalue weighted by Gasteiger charge is 2.62. The van der Waals surface area contributed by atoms with Gasteiger partial charge in [-0.3, -0.25) is 4.79 Å². The zero-order valence-electron chi connectivity index (χ0n) is 18.3. The summed E-state index contributed by atoms with van der Waals surface area (Å²) in [5.74, 6) is -8.59. The molecule has 1 fully saturated rings. The number of hydrogen-bond acceptors (Lipinski definition) is 6. The van der Waals surface area contributed by atoms with Crippen LogP contribution in [0.1, 0.15) is 28.9 Å². The van der Waals surface area contributed by atoms with E-state index in [0.29, 0.717) is 22.2 Å². The highest BCUT2D eigenvalue weighted by molar-refractivity contribution is 6.32. The largest absolute Gasteiger partial charge is 0.459 e. The van der Waals surface area contributed by atoms with Gasteiger partial charge in [0, 0.05) is 30.6 Å². The Kier molecular flexibility index (Phi) is 6.31. The van der Waals surface area contributed by atoms with Crippen LogP contribution in [0.2, 0.25) is 5.15 Å². The van der Waals surface area contributed by atoms with E-state index < -0.39 is 47.4 Å². The van der Waals surface area contributed by atoms with Gasteiger partial charge < -0.3 is 10.1 Å². The van der Waals surface area contributed by atoms with E-state index in [-0.39, 0.29) is 21.8 Å². The Morgan fingerprint density at radius 2 is 1.92 bits per heavy atom. The summed E-state index contributed by atoms with van der Waals surface area (Å²) >= 11 is 6.01. The Bertz CT molecular complexity index is 1410. The summed E-state index contributed by atoms with van der Waals surface area (Å²) < 4.78 is 98.0. The van der Waals surface area contributed by atoms with Crippen molar-refractivity contribution >= 4 is 17.5 Å². The van der Waals surface area contributed by atoms with Crippen molar-refractivity contribution in [2.45, 2.75) is 37.1 Å². The number of aryl methyl sites for hydroxylation is 1. The number of hydrogen-bond donors (Lipinski definition) is 1. The predicted molar refractivity (Wildman–Crippen MR) is 110 cm³/mol. The standard InChI is InChI=1S/C20H13ClF7N7O2/c1-34-16(12(37-17(22)23)13(33-34)19(24,25)20(26,27)28)35-7-10(6-31-35)9-4-11(14(21)30-5-9)15(36)32-18(8-29)2-3-18/h4-7,17H,2-3H2,1H3,(H,32,36). The molecule has 1 aliphatic rings. The molecule has 1 aliphatic carbocycles. The molecule has 4 rings (SSSR count). The molecule has 37 heavy (non-hydrogen) atoms. The number of carbonyl (C=O) groups excluding carboxylic acids is 1. The van der Waals surface area contributed by atoms with Gasteiger partial charge in [-0.25, -0.2) is 14.3 Å². The molecule has 0 aromatic carbocycles. The molecule has 1 amide bonds. The van der Waals surface area contributed by atoms with Crippen LogP contribution in [0.3, 0.4) is 0 Å². The van der Waals surface area contributed by atoms with Crippen molar-refractivity contribution in [1.82, 2.24) is 29.9 Å². The van der Waals surface area contributed by atoms with Crippen LogP contribution >= 0.6 is 11.6 Å². The van der Waals surface area contributed by atoms with Gasteiger partial charge in [-0.2, -0.15) is 46.2 Å². The molecule has 0 saturated heterocycles. The zero-order valence-corrected chi connectivity index (χ0v) is 19.1. The van der Waals surface area contributed by atoms with Crippen LogP contribution in [0.15, 0.2) is 24.7 Å². The third kappa shape index (κ3) is 4.78. The molecular formula is C20H13ClF7N7O2. The summed E-state index contributed by atoms with van der Waals surface area (Å²) in [4.78, 5) is 16.5. The highest BCUT2D eigenvalue weighted by atomic mass is 35.5. The Balaban J connectivity index is 1.74. The van der Waals surface area contributed by atoms with Gasteiger partial charge in [0.1, 0.15) is 10.7 Å². The number of nitrogens with zero attached hydrogens (tertiary/aromatic N) is 6. The smallest absolute Gasteiger partial charge is 0.428 e. The van der Waals surface area contributed by atoms with Gasteiger partial charge in [-0.1, -0.05) is 11.6 Å². The molecule has 3 heterocycles. The van der Waals surface area contributed by atoms with E-state index in [2.05, 4.69) is 25.2 Å². The van der Waals surface area contributed by atoms with Gasteiger partial charge in [-0.15, -0.1) is 0 Å². The lowest BCUT2D eigenvalue weighted by molar-refractivity contribution is -0.291. The summed E-state index contributed by atoms with van der Waals surface area (Å²) in [7, 11) is 0.931. The Morgan fingerprint density at radius 1 is 1.24 bits per heavy atom. The van der Waals surface area contributed by atoms with E-state index >= 15 is 0 Å². The molecule has 1 saturated carbocycles. The van der Waals surface area contributed by atoms with Gasteiger partial charge in [0.05, 0.1) is 17.8 Å². The minimum Gasteiger partial charge on any atom is -0.428 e. The summed E-state index contributed by atoms with van der Waals surface area (Å²) in [5.41, 5.74) is -2.84. The second-order valence-corrected chi connectivity index (χ2v) is 8.32. The maximum atomic E-state index is 14.0. The average molecular weight is 552 g/mol. The first-order valence-corrected chi connectivity index (χ1v) is 10.5. The minimum atomic E-state index is -6.15. The number of nitrogens with one attached hydrogen (secondary N) is 1. The number of pyridine rings is 1. The van der Waals surface area contributed by atoms with Crippen molar-refractivity contribution in [3.63, 3.8) is 0 Å². The molecule has 196 valence electrons. The van der Waals surface area contributed by atoms with Crippen LogP contribution < -0.4 is 10.1 Å². The number of halogens is 8. The Labute approximate surface area is 207 Å². The minimum absolute atomic E-state index is 0.109. The zero-order chi connectivity index (χ0) is 27.3. The maximum Gasteiger partial charge on any atom is 0.459 e. The van der Waals surface area contributed by atoms with Crippen LogP contribution in [0, 0.1) is 11.3 Å². The van der Waals surface area contributed by atoms with Gasteiger partial charge in [0.2, 0.25) is 0 Å². The summed E-state index contributed by atoms with van der Waals surface area (Å²) in [6.45, 7) is -3.76. The lowest BCUT2D eigenvalue weighted by Crippen LogP contribution is -2.35. The normalized spacial score (nSPS) is 14.9. The number of aromatic nitrogens is 5. The quantitative estimate of drug-likeness (QED) is 0.345. The molecule has 17 heteroatoms. The predicted octanol–water partition coefficient (Wildman–Crippen LogP) is 4.36. The van der Waals surface area contributed by atoms with E-state index in [1.54, 1.807) is 0 Å². The molecule has 0 radical (unpaired) electrons. The fraction of sp³-hybridized carbons (Fsp3) is 0.350. The number of rotatable bonds is 7. The molecule has 0 bridgehead atoms. The van der Waals surface area contributed by atoms with Crippen LogP contribution in [0.4, 0.5) is 30.7 Å². The van der Waals surface area contributed by atoms with Crippen LogP contribution in [-0.2, 0) is 13.0 Å². The maximum absolute atomic E-state index is 14.0. The fourth-order valence-corrected chi connectivity index (χ4v) is 3.50. The van der Waals surface area contributed by atoms with Gasteiger partial charge in [0.25, 0.3) is 5.91 Å². The first-order valence-electron chi connectivity index (χ1n) is 10.1. The van der Waals surface area contributed by atoms with Crippen LogP contribution in [0.25, 0.3) is 16.9 Å². The molecule has 0 aliphatic heterocycles. The van der Waals surface area contributed by atoms with Gasteiger partial charge in [-0.05, 0) is 18.9 Å². The topological polar surface area (TPSA) is 111 Å². The Hall–Kier alpha value is -3.87. The van der Waals surface area contributed by atoms with Crippen molar-refractivity contribution in [2.75, 3.05) is 0 Å². The first kappa shape index (κ1) is 26.2. The number of alkyl halides is 7. The van der Waals surface area contributed by atoms with Crippen molar-refractivity contribution in [3.8, 4) is 28.8 Å². The summed E-state index contributed by atoms with van der Waals surface area (Å²) in [5, 5.41) is 18.4. The van der Waals surface area contributed by atoms with Gasteiger partial charge >= 0.3 is 18.7 Å². The second kappa shape index (κ2) is 8.91. The molecule has 3 aromatic rings. The van der Waals surface area contributed by atoms with Crippen molar-refractivity contribution < 1.29 is 40.3 Å². The lowest BCUT2D eigenvalue weighted by atomic mass is 10.1. The monoisotopic (exact) mass is 551 g/mol. The SMILES string of the molecule is Cn1nc(C(F)(F)C(F)(F)F)c(OC(F)F)c1-n1cc(-c2cnc(Cl)c(C(=O)NC3(C#N)CC3)c2)cn1. The second-order valence-electron chi connectivity index (χ2n) is 7.96. The fourth-order valence-electron chi connectivity index (χ4n) is 3.31. The number of ether oxygens (including phenoxy) is 1. The van der Waals surface area contributed by atoms with E-state index in [0.717, 1.165) is 19.4 Å². The van der Waals surface area contributed by atoms with E-state index in [9.17, 15) is 35.5 Å². The highest BCUT2D eigenvalue weighted by Crippen LogP contribution is 2.48. The lowest BCUT2D eigenvalue weighted by Gasteiger charge is -2.18. The molecule has 1 N–H and O–H groups in total. The van der Waals surface area contributed by atoms with E-state index in [4.69, 9.17) is 16.9 Å². The molecular weight excluding hydrogens is 539 g/mol. The van der Waals surface area contributed by atoms with E-state index in [1.807, 2.05) is 6.07 Å². The molecule has 9 nitrogen and oxygen atoms in total. The molecule has 3 aromatic heterocycles. The van der Waals surface area contributed by atoms with Crippen LogP contribution in [0.5, 0.6) is 5.75 Å². The molecule has 0 unspecified atom stereocenters. The van der Waals surface area contributed by atoms with Crippen molar-refractivity contribution in [2.24, 2.45) is 7.05 Å². The number of nitriles is 1. The average Bonchev–Trinajstić information content (AvgIpc) is 3.26. The molecule has 0 spiro atoms. The van der Waals surface area contributed by atoms with Gasteiger partial charge in [0.15, 0.2) is 17.3 Å². The molecule has 0 atom stereocenters. The van der Waals surface area contributed by atoms with Crippen molar-refractivity contribution in [1.29, 1.82) is 5.26 Å². The van der Waals surface area contributed by atoms with Crippen LogP contribution in [-0.4, -0.2) is 48.8 Å². The number of amides is 1. The Morgan fingerprint density at radius 3 is 2.49 bits per heavy atom. The number of carbonyl (C=O) groups is 1.